The van der Waals surface area contributed by atoms with Gasteiger partial charge < -0.3 is 35.1 Å². The van der Waals surface area contributed by atoms with E-state index in [1.807, 2.05) is 43.6 Å². The highest BCUT2D eigenvalue weighted by Crippen LogP contribution is 2.36. The minimum atomic E-state index is -0.670. The number of aromatic nitrogens is 4. The van der Waals surface area contributed by atoms with E-state index in [2.05, 4.69) is 50.9 Å². The summed E-state index contributed by atoms with van der Waals surface area (Å²) in [4.78, 5) is 72.0. The zero-order valence-electron chi connectivity index (χ0n) is 32.1. The molecule has 2 aromatic heterocycles. The van der Waals surface area contributed by atoms with Gasteiger partial charge in [0, 0.05) is 32.1 Å². The number of aromatic amines is 2. The summed E-state index contributed by atoms with van der Waals surface area (Å²) in [7, 11) is 1.30. The number of methoxy groups -OCH3 is 1. The number of carbonyl (C=O) groups is 4. The average molecular weight is 737 g/mol. The molecule has 3 aliphatic rings. The number of benzene rings is 2. The summed E-state index contributed by atoms with van der Waals surface area (Å²) in [6, 6.07) is 11.4. The fourth-order valence-corrected chi connectivity index (χ4v) is 8.42. The maximum absolute atomic E-state index is 13.7. The lowest BCUT2D eigenvalue weighted by molar-refractivity contribution is -0.138. The number of nitrogens with one attached hydrogen (secondary N) is 4. The molecule has 0 unspecified atom stereocenters. The number of ether oxygens (including phenoxy) is 1. The summed E-state index contributed by atoms with van der Waals surface area (Å²) >= 11 is 0. The lowest BCUT2D eigenvalue weighted by atomic mass is 9.96. The Balaban J connectivity index is 1.07. The number of likely N-dealkylation sites (tertiary alicyclic amines) is 2. The molecular formula is C41H52N8O5. The van der Waals surface area contributed by atoms with E-state index in [1.165, 1.54) is 25.2 Å². The molecule has 13 heteroatoms. The van der Waals surface area contributed by atoms with Gasteiger partial charge in [0.15, 0.2) is 0 Å². The molecule has 4 N–H and O–H groups in total. The summed E-state index contributed by atoms with van der Waals surface area (Å²) in [5, 5.41) is 5.57. The summed E-state index contributed by atoms with van der Waals surface area (Å²) in [6.07, 6.45) is 5.16. The van der Waals surface area contributed by atoms with Crippen molar-refractivity contribution in [2.45, 2.75) is 104 Å². The van der Waals surface area contributed by atoms with Crippen LogP contribution in [0.1, 0.15) is 107 Å². The number of amides is 4. The van der Waals surface area contributed by atoms with Crippen molar-refractivity contribution in [1.29, 1.82) is 0 Å². The Hall–Kier alpha value is -5.20. The van der Waals surface area contributed by atoms with Gasteiger partial charge in [-0.25, -0.2) is 14.8 Å². The Morgan fingerprint density at radius 1 is 0.778 bits per heavy atom. The van der Waals surface area contributed by atoms with Gasteiger partial charge in [-0.05, 0) is 84.7 Å². The molecule has 286 valence electrons. The highest BCUT2D eigenvalue weighted by molar-refractivity contribution is 5.88. The summed E-state index contributed by atoms with van der Waals surface area (Å²) in [5.41, 5.74) is 8.66. The second-order valence-corrected chi connectivity index (χ2v) is 15.7. The number of carbonyl (C=O) groups excluding carboxylic acids is 4. The fraction of sp³-hybridized carbons (Fsp3) is 0.512. The molecule has 4 aromatic rings. The van der Waals surface area contributed by atoms with E-state index in [4.69, 9.17) is 14.7 Å². The van der Waals surface area contributed by atoms with E-state index in [0.717, 1.165) is 90.1 Å². The van der Waals surface area contributed by atoms with Gasteiger partial charge in [-0.2, -0.15) is 0 Å². The highest BCUT2D eigenvalue weighted by Gasteiger charge is 2.39. The Bertz CT molecular complexity index is 2070. The van der Waals surface area contributed by atoms with Crippen LogP contribution in [-0.4, -0.2) is 85.8 Å². The zero-order chi connectivity index (χ0) is 38.3. The van der Waals surface area contributed by atoms with Crippen LogP contribution in [0.15, 0.2) is 36.4 Å². The van der Waals surface area contributed by atoms with Crippen LogP contribution in [0.4, 0.5) is 4.79 Å². The maximum atomic E-state index is 13.7. The Morgan fingerprint density at radius 2 is 1.39 bits per heavy atom. The molecule has 1 aliphatic carbocycles. The molecule has 2 aliphatic heterocycles. The molecule has 4 heterocycles. The second-order valence-electron chi connectivity index (χ2n) is 15.7. The van der Waals surface area contributed by atoms with Crippen molar-refractivity contribution in [3.05, 3.63) is 70.6 Å². The molecule has 7 rings (SSSR count). The molecule has 0 saturated carbocycles. The highest BCUT2D eigenvalue weighted by atomic mass is 16.5. The van der Waals surface area contributed by atoms with Crippen LogP contribution in [0.25, 0.3) is 22.2 Å². The van der Waals surface area contributed by atoms with Crippen molar-refractivity contribution in [3.63, 3.8) is 0 Å². The number of hydrogen-bond acceptors (Lipinski definition) is 7. The van der Waals surface area contributed by atoms with Crippen LogP contribution < -0.4 is 10.6 Å². The van der Waals surface area contributed by atoms with E-state index >= 15 is 0 Å². The van der Waals surface area contributed by atoms with Gasteiger partial charge in [-0.1, -0.05) is 52.0 Å². The number of hydrogen-bond donors (Lipinski definition) is 4. The first kappa shape index (κ1) is 37.1. The van der Waals surface area contributed by atoms with Crippen molar-refractivity contribution < 1.29 is 23.9 Å². The minimum absolute atomic E-state index is 0.0259. The second kappa shape index (κ2) is 15.3. The van der Waals surface area contributed by atoms with Crippen LogP contribution in [0.5, 0.6) is 0 Å². The predicted molar refractivity (Wildman–Crippen MR) is 204 cm³/mol. The van der Waals surface area contributed by atoms with E-state index in [9.17, 15) is 19.2 Å². The molecular weight excluding hydrogens is 685 g/mol. The summed E-state index contributed by atoms with van der Waals surface area (Å²) in [6.45, 7) is 10.4. The molecule has 13 nitrogen and oxygen atoms in total. The van der Waals surface area contributed by atoms with Gasteiger partial charge in [0.05, 0.1) is 35.9 Å². The van der Waals surface area contributed by atoms with Crippen molar-refractivity contribution in [2.75, 3.05) is 20.2 Å². The van der Waals surface area contributed by atoms with Gasteiger partial charge in [0.25, 0.3) is 0 Å². The van der Waals surface area contributed by atoms with Crippen molar-refractivity contribution in [3.8, 4) is 11.1 Å². The predicted octanol–water partition coefficient (Wildman–Crippen LogP) is 5.51. The third-order valence-electron chi connectivity index (χ3n) is 11.3. The Kier molecular flexibility index (Phi) is 10.5. The van der Waals surface area contributed by atoms with Crippen LogP contribution in [0, 0.1) is 11.8 Å². The number of H-pyrrole nitrogens is 2. The maximum Gasteiger partial charge on any atom is 0.407 e. The van der Waals surface area contributed by atoms with E-state index in [1.54, 1.807) is 0 Å². The molecule has 0 bridgehead atoms. The molecule has 2 saturated heterocycles. The third-order valence-corrected chi connectivity index (χ3v) is 11.3. The third kappa shape index (κ3) is 7.32. The number of aryl methyl sites for hydroxylation is 2. The van der Waals surface area contributed by atoms with E-state index in [-0.39, 0.29) is 41.6 Å². The Labute approximate surface area is 316 Å². The van der Waals surface area contributed by atoms with Gasteiger partial charge in [-0.15, -0.1) is 0 Å². The molecule has 0 spiro atoms. The number of alkyl carbamates (subject to hydrolysis) is 1. The van der Waals surface area contributed by atoms with E-state index < -0.39 is 18.2 Å². The molecule has 4 atom stereocenters. The molecule has 2 aromatic carbocycles. The summed E-state index contributed by atoms with van der Waals surface area (Å²) < 4.78 is 4.78. The van der Waals surface area contributed by atoms with Crippen molar-refractivity contribution >= 4 is 34.8 Å². The lowest BCUT2D eigenvalue weighted by Crippen LogP contribution is -2.51. The average Bonchev–Trinajstić information content (AvgIpc) is 3.96. The van der Waals surface area contributed by atoms with Crippen LogP contribution in [0.3, 0.4) is 0 Å². The van der Waals surface area contributed by atoms with Crippen molar-refractivity contribution in [1.82, 2.24) is 40.4 Å². The van der Waals surface area contributed by atoms with Crippen molar-refractivity contribution in [2.24, 2.45) is 11.8 Å². The van der Waals surface area contributed by atoms with Gasteiger partial charge in [0.1, 0.15) is 23.7 Å². The van der Waals surface area contributed by atoms with Gasteiger partial charge in [-0.3, -0.25) is 14.4 Å². The molecule has 2 fully saturated rings. The van der Waals surface area contributed by atoms with Gasteiger partial charge in [0.2, 0.25) is 17.7 Å². The first-order valence-corrected chi connectivity index (χ1v) is 19.3. The summed E-state index contributed by atoms with van der Waals surface area (Å²) in [5.74, 6) is 1.09. The lowest BCUT2D eigenvalue weighted by Gasteiger charge is -2.30. The first-order valence-electron chi connectivity index (χ1n) is 19.3. The normalized spacial score (nSPS) is 19.4. The standard InChI is InChI=1S/C41H52N8O5/c1-22(2)35(42-24(5)50)39(51)48-17-7-9-33(48)37-44-30-16-14-28(21-32(30)46-37)25-11-12-27-20-31-29(15-13-26(27)19-25)43-38(45-31)34-10-8-18-49(34)40(52)36(23(3)4)47-41(53)54-6/h11-12,14,16,19,21-23,33-36H,7-10,13,15,17-18,20H2,1-6H3,(H,42,50)(H,43,45)(H,44,46)(H,47,53)/t33-,34-,35-,36-/m0/s1. The Morgan fingerprint density at radius 3 is 2.02 bits per heavy atom. The minimum Gasteiger partial charge on any atom is -0.453 e. The number of rotatable bonds is 9. The van der Waals surface area contributed by atoms with Crippen LogP contribution in [0.2, 0.25) is 0 Å². The number of nitrogens with zero attached hydrogens (tertiary/aromatic N) is 4. The SMILES string of the molecule is COC(=O)N[C@H](C(=O)N1CCC[C@H]1c1nc2c([nH]1)Cc1ccc(-c3ccc4nc([C@@H]5CCCN5C(=O)[C@@H](NC(C)=O)C(C)C)[nH]c4c3)cc1CC2)C(C)C. The van der Waals surface area contributed by atoms with Crippen LogP contribution >= 0.6 is 0 Å². The number of imidazole rings is 2. The topological polar surface area (TPSA) is 165 Å². The number of fused-ring (bicyclic) bond motifs is 3. The fourth-order valence-electron chi connectivity index (χ4n) is 8.42. The quantitative estimate of drug-likeness (QED) is 0.176. The zero-order valence-corrected chi connectivity index (χ0v) is 32.1. The van der Waals surface area contributed by atoms with E-state index in [0.29, 0.717) is 13.1 Å². The smallest absolute Gasteiger partial charge is 0.407 e. The molecule has 4 amide bonds. The van der Waals surface area contributed by atoms with Crippen LogP contribution in [-0.2, 0) is 38.4 Å². The van der Waals surface area contributed by atoms with Gasteiger partial charge >= 0.3 is 6.09 Å². The molecule has 0 radical (unpaired) electrons. The monoisotopic (exact) mass is 736 g/mol. The first-order chi connectivity index (χ1) is 25.9. The largest absolute Gasteiger partial charge is 0.453 e. The molecule has 54 heavy (non-hydrogen) atoms.